The van der Waals surface area contributed by atoms with Crippen LogP contribution < -0.4 is 5.32 Å². The minimum Gasteiger partial charge on any atom is -0.383 e. The summed E-state index contributed by atoms with van der Waals surface area (Å²) in [5.41, 5.74) is 4.79. The summed E-state index contributed by atoms with van der Waals surface area (Å²) in [7, 11) is 0. The maximum absolute atomic E-state index is 5.11. The Hall–Kier alpha value is 2.08. The SMILES string of the molecule is [CH2-]C(C)C1=CC(C(C2=NC(C([CH2-])C)C2)(C2CC(C([CH2-])C)=N2)C2CC(C([CH2-])C)=N2)N1.[Zr].[Zr].[Zr].[Zr]. The molecular weight excluding hydrogens is 721 g/mol. The third-order valence-electron chi connectivity index (χ3n) is 7.28. The first-order valence-electron chi connectivity index (χ1n) is 11.1. The third-order valence-corrected chi connectivity index (χ3v) is 7.28. The molecule has 0 bridgehead atoms. The van der Waals surface area contributed by atoms with Crippen LogP contribution in [0.4, 0.5) is 0 Å². The van der Waals surface area contributed by atoms with Crippen LogP contribution in [0.3, 0.4) is 0 Å². The number of aliphatic imine (C=N–C) groups is 3. The minimum absolute atomic E-state index is 0. The molecule has 0 aromatic heterocycles. The van der Waals surface area contributed by atoms with E-state index in [0.717, 1.165) is 19.3 Å². The molecule has 0 spiro atoms. The number of rotatable bonds is 8. The van der Waals surface area contributed by atoms with Crippen LogP contribution in [-0.2, 0) is 105 Å². The Kier molecular flexibility index (Phi) is 14.6. The number of hydrogen-bond acceptors (Lipinski definition) is 4. The summed E-state index contributed by atoms with van der Waals surface area (Å²) < 4.78 is 0. The Labute approximate surface area is 278 Å². The van der Waals surface area contributed by atoms with Crippen LogP contribution >= 0.6 is 0 Å². The van der Waals surface area contributed by atoms with Crippen molar-refractivity contribution < 1.29 is 105 Å². The third kappa shape index (κ3) is 6.39. The molecule has 0 saturated heterocycles. The van der Waals surface area contributed by atoms with E-state index in [0.29, 0.717) is 12.0 Å². The van der Waals surface area contributed by atoms with Crippen LogP contribution in [0.15, 0.2) is 26.8 Å². The zero-order chi connectivity index (χ0) is 21.1. The molecule has 8 heteroatoms. The molecule has 4 nitrogen and oxygen atoms in total. The van der Waals surface area contributed by atoms with Crippen molar-refractivity contribution >= 4 is 17.1 Å². The topological polar surface area (TPSA) is 49.1 Å². The minimum atomic E-state index is -0.180. The van der Waals surface area contributed by atoms with Crippen molar-refractivity contribution in [3.05, 3.63) is 39.5 Å². The van der Waals surface area contributed by atoms with Crippen molar-refractivity contribution in [3.63, 3.8) is 0 Å². The Bertz CT molecular complexity index is 719. The van der Waals surface area contributed by atoms with E-state index in [1.54, 1.807) is 0 Å². The molecule has 176 valence electrons. The molecule has 4 aliphatic rings. The van der Waals surface area contributed by atoms with Crippen LogP contribution in [0.25, 0.3) is 0 Å². The maximum Gasteiger partial charge on any atom is 0.0774 e. The number of nitrogens with one attached hydrogen (secondary N) is 1. The average Bonchev–Trinajstić information content (AvgIpc) is 2.37. The van der Waals surface area contributed by atoms with Gasteiger partial charge in [0, 0.05) is 136 Å². The van der Waals surface area contributed by atoms with Gasteiger partial charge in [0.2, 0.25) is 0 Å². The summed E-state index contributed by atoms with van der Waals surface area (Å²) >= 11 is 0. The predicted molar refractivity (Wildman–Crippen MR) is 123 cm³/mol. The van der Waals surface area contributed by atoms with Crippen molar-refractivity contribution in [1.29, 1.82) is 0 Å². The van der Waals surface area contributed by atoms with Crippen LogP contribution in [0.2, 0.25) is 0 Å². The van der Waals surface area contributed by atoms with E-state index in [-0.39, 0.29) is 146 Å². The van der Waals surface area contributed by atoms with Gasteiger partial charge in [0.15, 0.2) is 0 Å². The van der Waals surface area contributed by atoms with Crippen molar-refractivity contribution in [2.75, 3.05) is 0 Å². The predicted octanol–water partition coefficient (Wildman–Crippen LogP) is 4.34. The smallest absolute Gasteiger partial charge is 0.0774 e. The second-order valence-electron chi connectivity index (χ2n) is 9.89. The number of hydrogen-bond donors (Lipinski definition) is 1. The zero-order valence-corrected chi connectivity index (χ0v) is 30.3. The molecule has 0 saturated carbocycles. The van der Waals surface area contributed by atoms with Crippen molar-refractivity contribution in [3.8, 4) is 0 Å². The average molecular weight is 757 g/mol. The van der Waals surface area contributed by atoms with E-state index in [1.165, 1.54) is 22.8 Å². The molecule has 4 heterocycles. The summed E-state index contributed by atoms with van der Waals surface area (Å²) in [5, 5.41) is 3.73. The Morgan fingerprint density at radius 1 is 0.788 bits per heavy atom. The summed E-state index contributed by atoms with van der Waals surface area (Å²) in [6.45, 7) is 25.3. The zero-order valence-electron chi connectivity index (χ0n) is 20.5. The number of nitrogens with zero attached hydrogens (tertiary/aromatic N) is 3. The van der Waals surface area contributed by atoms with Gasteiger partial charge >= 0.3 is 0 Å². The molecule has 4 aliphatic heterocycles. The first-order valence-corrected chi connectivity index (χ1v) is 11.1. The van der Waals surface area contributed by atoms with E-state index in [4.69, 9.17) is 15.0 Å². The van der Waals surface area contributed by atoms with Gasteiger partial charge in [-0.3, -0.25) is 15.0 Å². The van der Waals surface area contributed by atoms with Gasteiger partial charge in [0.1, 0.15) is 0 Å². The monoisotopic (exact) mass is 752 g/mol. The van der Waals surface area contributed by atoms with Crippen molar-refractivity contribution in [2.45, 2.75) is 71.1 Å². The molecule has 0 radical (unpaired) electrons. The van der Waals surface area contributed by atoms with Gasteiger partial charge in [-0.1, -0.05) is 27.7 Å². The van der Waals surface area contributed by atoms with Crippen LogP contribution in [-0.4, -0.2) is 41.3 Å². The quantitative estimate of drug-likeness (QED) is 0.369. The van der Waals surface area contributed by atoms with Crippen molar-refractivity contribution in [2.24, 2.45) is 44.1 Å². The van der Waals surface area contributed by atoms with Gasteiger partial charge in [-0.25, -0.2) is 0 Å². The second-order valence-corrected chi connectivity index (χ2v) is 9.89. The summed E-state index contributed by atoms with van der Waals surface area (Å²) in [4.78, 5) is 15.3. The molecule has 0 amide bonds. The fourth-order valence-corrected chi connectivity index (χ4v) is 5.10. The van der Waals surface area contributed by atoms with E-state index < -0.39 is 0 Å². The fourth-order valence-electron chi connectivity index (χ4n) is 5.10. The normalized spacial score (nSPS) is 32.2. The molecule has 8 atom stereocenters. The van der Waals surface area contributed by atoms with Gasteiger partial charge in [0.05, 0.1) is 23.5 Å². The standard InChI is InChI=1S/C25H36N4.4Zr/c1-13(2)17-9-21(26-17)25(22-10-18(27-22)14(3)4,23-11-19(28-23)15(5)6)24-12-20(29-24)16(7)8;;;;/h9,13-16,18,21,23-24,26H,1,3,5,7,10-12H2,2,4,6,8H3;;;;/q-4;;;;. The second kappa shape index (κ2) is 13.8. The number of allylic oxidation sites excluding steroid dienone is 1. The van der Waals surface area contributed by atoms with E-state index in [1.807, 2.05) is 0 Å². The van der Waals surface area contributed by atoms with Gasteiger partial charge in [-0.05, 0) is 23.2 Å². The van der Waals surface area contributed by atoms with Gasteiger partial charge in [-0.15, -0.1) is 23.7 Å². The molecule has 0 aromatic carbocycles. The first kappa shape index (κ1) is 35.1. The molecule has 1 N–H and O–H groups in total. The molecule has 0 aromatic rings. The Balaban J connectivity index is 0.00000256. The van der Waals surface area contributed by atoms with Gasteiger partial charge in [0.25, 0.3) is 0 Å². The maximum atomic E-state index is 5.11. The Morgan fingerprint density at radius 2 is 1.18 bits per heavy atom. The molecule has 8 unspecified atom stereocenters. The largest absolute Gasteiger partial charge is 0.383 e. The molecule has 33 heavy (non-hydrogen) atoms. The van der Waals surface area contributed by atoms with E-state index in [9.17, 15) is 0 Å². The molecular formula is C25H36N4Zr4-4. The Morgan fingerprint density at radius 3 is 1.48 bits per heavy atom. The molecule has 0 fully saturated rings. The van der Waals surface area contributed by atoms with Crippen LogP contribution in [0.1, 0.15) is 47.0 Å². The summed E-state index contributed by atoms with van der Waals surface area (Å²) in [6, 6.07) is 0.970. The van der Waals surface area contributed by atoms with Crippen LogP contribution in [0, 0.1) is 56.8 Å². The van der Waals surface area contributed by atoms with Gasteiger partial charge in [-0.2, -0.15) is 0 Å². The summed E-state index contributed by atoms with van der Waals surface area (Å²) in [5.74, 6) is 1.12. The first-order chi connectivity index (χ1) is 13.6. The fraction of sp³-hybridized carbons (Fsp3) is 0.640. The summed E-state index contributed by atoms with van der Waals surface area (Å²) in [6.07, 6.45) is 5.37. The molecule has 0 aliphatic carbocycles. The van der Waals surface area contributed by atoms with E-state index >= 15 is 0 Å². The van der Waals surface area contributed by atoms with Crippen LogP contribution in [0.5, 0.6) is 0 Å². The van der Waals surface area contributed by atoms with Gasteiger partial charge < -0.3 is 33.0 Å². The van der Waals surface area contributed by atoms with E-state index in [2.05, 4.69) is 66.8 Å². The van der Waals surface area contributed by atoms with Crippen molar-refractivity contribution in [1.82, 2.24) is 5.32 Å². The molecule has 4 rings (SSSR count).